The van der Waals surface area contributed by atoms with Gasteiger partial charge in [-0.1, -0.05) is 0 Å². The molecule has 124 valence electrons. The van der Waals surface area contributed by atoms with Crippen molar-refractivity contribution in [2.24, 2.45) is 0 Å². The van der Waals surface area contributed by atoms with Gasteiger partial charge in [0.1, 0.15) is 16.0 Å². The number of ether oxygens (including phenoxy) is 1. The molecular weight excluding hydrogens is 362 g/mol. The van der Waals surface area contributed by atoms with Crippen molar-refractivity contribution in [2.45, 2.75) is 38.8 Å². The minimum Gasteiger partial charge on any atom is -0.444 e. The summed E-state index contributed by atoms with van der Waals surface area (Å²) >= 11 is 3.40. The summed E-state index contributed by atoms with van der Waals surface area (Å²) in [6, 6.07) is 3.91. The minimum atomic E-state index is -0.467. The van der Waals surface area contributed by atoms with Crippen molar-refractivity contribution in [1.29, 1.82) is 0 Å². The number of aromatic nitrogens is 3. The van der Waals surface area contributed by atoms with E-state index in [0.717, 1.165) is 29.0 Å². The normalized spacial score (nSPS) is 17.9. The predicted molar refractivity (Wildman–Crippen MR) is 90.5 cm³/mol. The number of rotatable bonds is 3. The first kappa shape index (κ1) is 16.0. The van der Waals surface area contributed by atoms with Crippen molar-refractivity contribution in [1.82, 2.24) is 19.5 Å². The van der Waals surface area contributed by atoms with Crippen LogP contribution < -0.4 is 5.32 Å². The molecule has 0 spiro atoms. The van der Waals surface area contributed by atoms with E-state index in [0.29, 0.717) is 6.54 Å². The van der Waals surface area contributed by atoms with Crippen LogP contribution in [-0.2, 0) is 4.74 Å². The number of hydrogen-bond donors (Lipinski definition) is 1. The highest BCUT2D eigenvalue weighted by molar-refractivity contribution is 9.10. The van der Waals surface area contributed by atoms with E-state index in [1.807, 2.05) is 32.9 Å². The summed E-state index contributed by atoms with van der Waals surface area (Å²) in [5, 5.41) is 7.73. The van der Waals surface area contributed by atoms with Gasteiger partial charge in [0.2, 0.25) is 0 Å². The summed E-state index contributed by atoms with van der Waals surface area (Å²) in [5.74, 6) is 0.743. The molecular formula is C15H20BrN5O2. The fraction of sp³-hybridized carbons (Fsp3) is 0.533. The van der Waals surface area contributed by atoms with E-state index in [1.54, 1.807) is 15.6 Å². The van der Waals surface area contributed by atoms with E-state index in [9.17, 15) is 4.79 Å². The van der Waals surface area contributed by atoms with Gasteiger partial charge in [-0.3, -0.25) is 0 Å². The second-order valence-corrected chi connectivity index (χ2v) is 7.38. The van der Waals surface area contributed by atoms with Gasteiger partial charge >= 0.3 is 6.09 Å². The fourth-order valence-corrected chi connectivity index (χ4v) is 2.74. The topological polar surface area (TPSA) is 71.8 Å². The molecule has 0 bridgehead atoms. The maximum absolute atomic E-state index is 12.1. The molecule has 1 fully saturated rings. The van der Waals surface area contributed by atoms with Crippen molar-refractivity contribution in [3.05, 3.63) is 22.9 Å². The predicted octanol–water partition coefficient (Wildman–Crippen LogP) is 2.91. The molecule has 2 aromatic heterocycles. The van der Waals surface area contributed by atoms with Gasteiger partial charge in [0.05, 0.1) is 12.2 Å². The van der Waals surface area contributed by atoms with Gasteiger partial charge in [-0.25, -0.2) is 14.3 Å². The molecule has 2 aromatic rings. The zero-order chi connectivity index (χ0) is 16.6. The number of carbonyl (C=O) groups is 1. The Morgan fingerprint density at radius 3 is 2.91 bits per heavy atom. The molecule has 1 N–H and O–H groups in total. The van der Waals surface area contributed by atoms with Crippen molar-refractivity contribution >= 4 is 33.5 Å². The molecule has 0 radical (unpaired) electrons. The smallest absolute Gasteiger partial charge is 0.410 e. The number of amides is 1. The monoisotopic (exact) mass is 381 g/mol. The van der Waals surface area contributed by atoms with Crippen LogP contribution in [0.5, 0.6) is 0 Å². The lowest BCUT2D eigenvalue weighted by molar-refractivity contribution is -0.00276. The molecule has 23 heavy (non-hydrogen) atoms. The number of carbonyl (C=O) groups excluding carboxylic acids is 1. The van der Waals surface area contributed by atoms with Gasteiger partial charge in [-0.15, -0.1) is 5.10 Å². The van der Waals surface area contributed by atoms with Crippen LogP contribution in [0.2, 0.25) is 0 Å². The number of nitrogens with one attached hydrogen (secondary N) is 1. The van der Waals surface area contributed by atoms with Gasteiger partial charge in [0, 0.05) is 13.1 Å². The van der Waals surface area contributed by atoms with Crippen molar-refractivity contribution < 1.29 is 9.53 Å². The fourth-order valence-electron chi connectivity index (χ4n) is 2.38. The van der Waals surface area contributed by atoms with Crippen LogP contribution in [0, 0.1) is 0 Å². The number of hydrogen-bond acceptors (Lipinski definition) is 5. The van der Waals surface area contributed by atoms with E-state index in [1.165, 1.54) is 0 Å². The maximum atomic E-state index is 12.1. The number of likely N-dealkylation sites (tertiary alicyclic amines) is 1. The third-order valence-electron chi connectivity index (χ3n) is 3.61. The quantitative estimate of drug-likeness (QED) is 0.884. The van der Waals surface area contributed by atoms with E-state index in [4.69, 9.17) is 4.74 Å². The standard InChI is InChI=1S/C15H20BrN5O2/c1-15(2,3)23-14(22)20-7-6-10(20)8-17-12-4-5-13-18-9-11(16)21(13)19-12/h4-5,9-10H,6-8H2,1-3H3,(H,17,19). The average Bonchev–Trinajstić information content (AvgIpc) is 2.77. The van der Waals surface area contributed by atoms with Crippen LogP contribution in [0.4, 0.5) is 10.6 Å². The molecule has 0 aliphatic carbocycles. The Morgan fingerprint density at radius 1 is 1.48 bits per heavy atom. The number of halogens is 1. The average molecular weight is 382 g/mol. The Kier molecular flexibility index (Phi) is 4.18. The molecule has 1 unspecified atom stereocenters. The highest BCUT2D eigenvalue weighted by atomic mass is 79.9. The van der Waals surface area contributed by atoms with E-state index >= 15 is 0 Å². The summed E-state index contributed by atoms with van der Waals surface area (Å²) in [4.78, 5) is 18.1. The maximum Gasteiger partial charge on any atom is 0.410 e. The highest BCUT2D eigenvalue weighted by Crippen LogP contribution is 2.22. The number of nitrogens with zero attached hydrogens (tertiary/aromatic N) is 4. The lowest BCUT2D eigenvalue weighted by atomic mass is 10.0. The van der Waals surface area contributed by atoms with Crippen molar-refractivity contribution in [3.8, 4) is 0 Å². The Morgan fingerprint density at radius 2 is 2.26 bits per heavy atom. The summed E-state index contributed by atoms with van der Waals surface area (Å²) in [7, 11) is 0. The van der Waals surface area contributed by atoms with Gasteiger partial charge in [0.25, 0.3) is 0 Å². The van der Waals surface area contributed by atoms with Crippen LogP contribution in [0.15, 0.2) is 22.9 Å². The second-order valence-electron chi connectivity index (χ2n) is 6.57. The third kappa shape index (κ3) is 3.57. The van der Waals surface area contributed by atoms with Crippen LogP contribution >= 0.6 is 15.9 Å². The third-order valence-corrected chi connectivity index (χ3v) is 4.15. The minimum absolute atomic E-state index is 0.133. The molecule has 3 heterocycles. The Hall–Kier alpha value is -1.83. The molecule has 1 amide bonds. The van der Waals surface area contributed by atoms with Crippen LogP contribution in [0.1, 0.15) is 27.2 Å². The second kappa shape index (κ2) is 5.99. The van der Waals surface area contributed by atoms with Gasteiger partial charge in [0.15, 0.2) is 5.65 Å². The number of anilines is 1. The molecule has 8 heteroatoms. The number of fused-ring (bicyclic) bond motifs is 1. The molecule has 1 atom stereocenters. The zero-order valence-corrected chi connectivity index (χ0v) is 15.0. The summed E-state index contributed by atoms with van der Waals surface area (Å²) < 4.78 is 7.93. The van der Waals surface area contributed by atoms with Crippen LogP contribution in [-0.4, -0.2) is 50.3 Å². The molecule has 3 rings (SSSR count). The summed E-state index contributed by atoms with van der Waals surface area (Å²) in [5.41, 5.74) is 0.312. The van der Waals surface area contributed by atoms with Gasteiger partial charge in [-0.05, 0) is 55.3 Å². The Balaban J connectivity index is 1.59. The van der Waals surface area contributed by atoms with Crippen LogP contribution in [0.3, 0.4) is 0 Å². The largest absolute Gasteiger partial charge is 0.444 e. The van der Waals surface area contributed by atoms with E-state index in [-0.39, 0.29) is 12.1 Å². The van der Waals surface area contributed by atoms with Gasteiger partial charge in [-0.2, -0.15) is 0 Å². The van der Waals surface area contributed by atoms with Crippen molar-refractivity contribution in [2.75, 3.05) is 18.4 Å². The Bertz CT molecular complexity index is 724. The SMILES string of the molecule is CC(C)(C)OC(=O)N1CCC1CNc1ccc2ncc(Br)n2n1. The summed E-state index contributed by atoms with van der Waals surface area (Å²) in [6.07, 6.45) is 2.42. The molecule has 1 aliphatic heterocycles. The molecule has 1 saturated heterocycles. The first-order chi connectivity index (χ1) is 10.8. The molecule has 7 nitrogen and oxygen atoms in total. The van der Waals surface area contributed by atoms with Gasteiger partial charge < -0.3 is 15.0 Å². The molecule has 0 saturated carbocycles. The lowest BCUT2D eigenvalue weighted by Gasteiger charge is -2.41. The number of imidazole rings is 1. The molecule has 0 aromatic carbocycles. The van der Waals surface area contributed by atoms with Crippen LogP contribution in [0.25, 0.3) is 5.65 Å². The first-order valence-corrected chi connectivity index (χ1v) is 8.36. The van der Waals surface area contributed by atoms with E-state index < -0.39 is 5.60 Å². The molecule has 1 aliphatic rings. The lowest BCUT2D eigenvalue weighted by Crippen LogP contribution is -2.55. The Labute approximate surface area is 143 Å². The van der Waals surface area contributed by atoms with Crippen molar-refractivity contribution in [3.63, 3.8) is 0 Å². The highest BCUT2D eigenvalue weighted by Gasteiger charge is 2.34. The summed E-state index contributed by atoms with van der Waals surface area (Å²) in [6.45, 7) is 7.00. The zero-order valence-electron chi connectivity index (χ0n) is 13.4. The van der Waals surface area contributed by atoms with E-state index in [2.05, 4.69) is 31.3 Å². The first-order valence-electron chi connectivity index (χ1n) is 7.57.